The third-order valence-electron chi connectivity index (χ3n) is 2.44. The summed E-state index contributed by atoms with van der Waals surface area (Å²) in [5, 5.41) is 13.6. The van der Waals surface area contributed by atoms with Crippen LogP contribution >= 0.6 is 0 Å². The van der Waals surface area contributed by atoms with Gasteiger partial charge in [0.2, 0.25) is 0 Å². The SMILES string of the molecule is Cc1nc2ncnn2c2ccn(O)c(=O)c12. The lowest BCUT2D eigenvalue weighted by molar-refractivity contribution is 0.176. The lowest BCUT2D eigenvalue weighted by Gasteiger charge is -2.03. The molecule has 1 N–H and O–H groups in total. The van der Waals surface area contributed by atoms with Gasteiger partial charge in [0.05, 0.1) is 16.6 Å². The largest absolute Gasteiger partial charge is 0.425 e. The Bertz CT molecular complexity index is 758. The van der Waals surface area contributed by atoms with Gasteiger partial charge in [-0.15, -0.1) is 0 Å². The van der Waals surface area contributed by atoms with Crippen molar-refractivity contribution >= 4 is 16.7 Å². The summed E-state index contributed by atoms with van der Waals surface area (Å²) in [6.45, 7) is 1.69. The maximum Gasteiger partial charge on any atom is 0.294 e. The van der Waals surface area contributed by atoms with E-state index in [-0.39, 0.29) is 0 Å². The van der Waals surface area contributed by atoms with Gasteiger partial charge in [-0.3, -0.25) is 4.79 Å². The van der Waals surface area contributed by atoms with E-state index < -0.39 is 5.56 Å². The molecule has 0 fully saturated rings. The van der Waals surface area contributed by atoms with Crippen molar-refractivity contribution in [1.29, 1.82) is 0 Å². The van der Waals surface area contributed by atoms with Crippen LogP contribution in [0.15, 0.2) is 23.4 Å². The van der Waals surface area contributed by atoms with Gasteiger partial charge in [0.15, 0.2) is 0 Å². The second-order valence-corrected chi connectivity index (χ2v) is 3.39. The number of fused-ring (bicyclic) bond motifs is 3. The molecule has 0 saturated heterocycles. The Hall–Kier alpha value is -2.44. The molecule has 3 rings (SSSR count). The number of aryl methyl sites for hydroxylation is 1. The van der Waals surface area contributed by atoms with Crippen LogP contribution in [0, 0.1) is 6.92 Å². The van der Waals surface area contributed by atoms with E-state index in [0.29, 0.717) is 27.1 Å². The maximum atomic E-state index is 11.7. The van der Waals surface area contributed by atoms with E-state index in [1.807, 2.05) is 0 Å². The predicted octanol–water partition coefficient (Wildman–Crippen LogP) is -0.0151. The highest BCUT2D eigenvalue weighted by atomic mass is 16.5. The fraction of sp³-hybridized carbons (Fsp3) is 0.111. The summed E-state index contributed by atoms with van der Waals surface area (Å²) in [7, 11) is 0. The highest BCUT2D eigenvalue weighted by Crippen LogP contribution is 2.12. The summed E-state index contributed by atoms with van der Waals surface area (Å²) >= 11 is 0. The van der Waals surface area contributed by atoms with Crippen LogP contribution in [0.4, 0.5) is 0 Å². The van der Waals surface area contributed by atoms with E-state index in [0.717, 1.165) is 0 Å². The summed E-state index contributed by atoms with van der Waals surface area (Å²) in [4.78, 5) is 19.8. The number of hydrogen-bond donors (Lipinski definition) is 1. The van der Waals surface area contributed by atoms with Gasteiger partial charge < -0.3 is 5.21 Å². The highest BCUT2D eigenvalue weighted by molar-refractivity contribution is 5.81. The van der Waals surface area contributed by atoms with Gasteiger partial charge in [-0.2, -0.15) is 19.3 Å². The van der Waals surface area contributed by atoms with Gasteiger partial charge in [0.1, 0.15) is 6.33 Å². The molecule has 0 spiro atoms. The quantitative estimate of drug-likeness (QED) is 0.535. The smallest absolute Gasteiger partial charge is 0.294 e. The van der Waals surface area contributed by atoms with Gasteiger partial charge in [0.25, 0.3) is 11.3 Å². The Morgan fingerprint density at radius 2 is 2.25 bits per heavy atom. The Balaban J connectivity index is 2.71. The maximum absolute atomic E-state index is 11.7. The summed E-state index contributed by atoms with van der Waals surface area (Å²) in [6.07, 6.45) is 2.64. The number of rotatable bonds is 0. The van der Waals surface area contributed by atoms with Gasteiger partial charge in [-0.25, -0.2) is 4.98 Å². The van der Waals surface area contributed by atoms with E-state index in [4.69, 9.17) is 0 Å². The van der Waals surface area contributed by atoms with Gasteiger partial charge in [-0.05, 0) is 13.0 Å². The van der Waals surface area contributed by atoms with Crippen LogP contribution in [-0.2, 0) is 0 Å². The average Bonchev–Trinajstić information content (AvgIpc) is 2.70. The minimum Gasteiger partial charge on any atom is -0.425 e. The first-order valence-electron chi connectivity index (χ1n) is 4.59. The van der Waals surface area contributed by atoms with Crippen molar-refractivity contribution in [3.8, 4) is 0 Å². The summed E-state index contributed by atoms with van der Waals surface area (Å²) in [5.41, 5.74) is 0.583. The number of hydrogen-bond acceptors (Lipinski definition) is 5. The number of pyridine rings is 1. The first kappa shape index (κ1) is 8.84. The molecule has 0 unspecified atom stereocenters. The van der Waals surface area contributed by atoms with Crippen LogP contribution in [0.1, 0.15) is 5.69 Å². The van der Waals surface area contributed by atoms with E-state index in [1.165, 1.54) is 17.0 Å². The van der Waals surface area contributed by atoms with Gasteiger partial charge in [-0.1, -0.05) is 0 Å². The van der Waals surface area contributed by atoms with Crippen molar-refractivity contribution in [3.05, 3.63) is 34.6 Å². The van der Waals surface area contributed by atoms with Crippen molar-refractivity contribution in [2.45, 2.75) is 6.92 Å². The molecule has 0 aromatic carbocycles. The van der Waals surface area contributed by atoms with Gasteiger partial charge in [0, 0.05) is 6.20 Å². The first-order chi connectivity index (χ1) is 7.68. The molecule has 0 atom stereocenters. The van der Waals surface area contributed by atoms with Crippen molar-refractivity contribution in [2.24, 2.45) is 0 Å². The molecule has 0 aliphatic rings. The minimum atomic E-state index is -0.514. The van der Waals surface area contributed by atoms with Crippen LogP contribution < -0.4 is 5.56 Å². The van der Waals surface area contributed by atoms with Gasteiger partial charge >= 0.3 is 0 Å². The molecule has 3 aromatic rings. The number of aromatic nitrogens is 5. The first-order valence-corrected chi connectivity index (χ1v) is 4.59. The molecule has 7 heteroatoms. The summed E-state index contributed by atoms with van der Waals surface area (Å²) in [5.74, 6) is 0.431. The lowest BCUT2D eigenvalue weighted by Crippen LogP contribution is -2.19. The monoisotopic (exact) mass is 217 g/mol. The Labute approximate surface area is 88.6 Å². The third-order valence-corrected chi connectivity index (χ3v) is 2.44. The van der Waals surface area contributed by atoms with E-state index in [1.54, 1.807) is 13.0 Å². The van der Waals surface area contributed by atoms with Crippen LogP contribution in [-0.4, -0.2) is 29.5 Å². The Morgan fingerprint density at radius 1 is 1.44 bits per heavy atom. The van der Waals surface area contributed by atoms with Crippen molar-refractivity contribution in [3.63, 3.8) is 0 Å². The molecule has 0 aliphatic carbocycles. The van der Waals surface area contributed by atoms with Crippen LogP contribution in [0.3, 0.4) is 0 Å². The molecule has 0 amide bonds. The molecule has 0 radical (unpaired) electrons. The summed E-state index contributed by atoms with van der Waals surface area (Å²) < 4.78 is 1.99. The molecule has 0 aliphatic heterocycles. The second-order valence-electron chi connectivity index (χ2n) is 3.39. The van der Waals surface area contributed by atoms with Crippen molar-refractivity contribution in [2.75, 3.05) is 0 Å². The van der Waals surface area contributed by atoms with E-state index >= 15 is 0 Å². The highest BCUT2D eigenvalue weighted by Gasteiger charge is 2.11. The average molecular weight is 217 g/mol. The Morgan fingerprint density at radius 3 is 3.06 bits per heavy atom. The summed E-state index contributed by atoms with van der Waals surface area (Å²) in [6, 6.07) is 1.59. The fourth-order valence-corrected chi connectivity index (χ4v) is 1.72. The molecule has 80 valence electrons. The molecule has 7 nitrogen and oxygen atoms in total. The molecule has 0 bridgehead atoms. The standard InChI is InChI=1S/C9H7N5O2/c1-5-7-6(2-3-13(16)8(7)15)14-9(12-5)10-4-11-14/h2-4,16H,1H3. The zero-order valence-corrected chi connectivity index (χ0v) is 8.32. The normalized spacial score (nSPS) is 11.3. The minimum absolute atomic E-state index is 0.336. The topological polar surface area (TPSA) is 85.3 Å². The Kier molecular flexibility index (Phi) is 1.54. The fourth-order valence-electron chi connectivity index (χ4n) is 1.72. The van der Waals surface area contributed by atoms with Crippen LogP contribution in [0.25, 0.3) is 16.7 Å². The van der Waals surface area contributed by atoms with E-state index in [2.05, 4.69) is 15.1 Å². The second kappa shape index (κ2) is 2.78. The van der Waals surface area contributed by atoms with Crippen molar-refractivity contribution in [1.82, 2.24) is 24.3 Å². The third kappa shape index (κ3) is 0.964. The molecule has 16 heavy (non-hydrogen) atoms. The predicted molar refractivity (Wildman–Crippen MR) is 54.5 cm³/mol. The molecule has 3 heterocycles. The van der Waals surface area contributed by atoms with E-state index in [9.17, 15) is 10.0 Å². The lowest BCUT2D eigenvalue weighted by atomic mass is 10.2. The molecule has 0 saturated carbocycles. The zero-order valence-electron chi connectivity index (χ0n) is 8.32. The van der Waals surface area contributed by atoms with Crippen LogP contribution in [0.2, 0.25) is 0 Å². The van der Waals surface area contributed by atoms with Crippen molar-refractivity contribution < 1.29 is 5.21 Å². The number of nitrogens with zero attached hydrogens (tertiary/aromatic N) is 5. The van der Waals surface area contributed by atoms with Crippen LogP contribution in [0.5, 0.6) is 0 Å². The molecular weight excluding hydrogens is 210 g/mol. The zero-order chi connectivity index (χ0) is 11.3. The molecule has 3 aromatic heterocycles. The molecular formula is C9H7N5O2.